The molecule has 0 amide bonds. The van der Waals surface area contributed by atoms with Crippen LogP contribution in [0.1, 0.15) is 17.0 Å². The molecule has 7 heteroatoms. The first-order valence-electron chi connectivity index (χ1n) is 8.49. The van der Waals surface area contributed by atoms with E-state index >= 15 is 0 Å². The SMILES string of the molecule is Cc1cc(C)n(-c2nc3cc(Cl)c(Cl)cc3nc2NCc2ccccc2)n1. The van der Waals surface area contributed by atoms with E-state index in [0.29, 0.717) is 39.3 Å². The Morgan fingerprint density at radius 1 is 0.926 bits per heavy atom. The molecule has 0 spiro atoms. The Bertz CT molecular complexity index is 1120. The van der Waals surface area contributed by atoms with Gasteiger partial charge in [-0.05, 0) is 37.6 Å². The van der Waals surface area contributed by atoms with Crippen LogP contribution < -0.4 is 5.32 Å². The van der Waals surface area contributed by atoms with Crippen LogP contribution in [0.4, 0.5) is 5.82 Å². The fourth-order valence-electron chi connectivity index (χ4n) is 2.93. The zero-order chi connectivity index (χ0) is 19.0. The van der Waals surface area contributed by atoms with Crippen LogP contribution in [0, 0.1) is 13.8 Å². The molecule has 136 valence electrons. The van der Waals surface area contributed by atoms with E-state index in [1.54, 1.807) is 16.8 Å². The average molecular weight is 398 g/mol. The third-order valence-electron chi connectivity index (χ3n) is 4.20. The summed E-state index contributed by atoms with van der Waals surface area (Å²) in [5.74, 6) is 1.26. The van der Waals surface area contributed by atoms with Gasteiger partial charge >= 0.3 is 0 Å². The maximum Gasteiger partial charge on any atom is 0.197 e. The molecule has 2 aromatic heterocycles. The summed E-state index contributed by atoms with van der Waals surface area (Å²) in [6.07, 6.45) is 0. The molecule has 2 heterocycles. The second-order valence-corrected chi connectivity index (χ2v) is 7.14. The molecule has 1 N–H and O–H groups in total. The Hall–Kier alpha value is -2.63. The maximum atomic E-state index is 6.16. The summed E-state index contributed by atoms with van der Waals surface area (Å²) in [5.41, 5.74) is 4.37. The van der Waals surface area contributed by atoms with Crippen molar-refractivity contribution < 1.29 is 0 Å². The molecule has 4 aromatic rings. The lowest BCUT2D eigenvalue weighted by Gasteiger charge is -2.13. The van der Waals surface area contributed by atoms with E-state index in [0.717, 1.165) is 17.0 Å². The number of aryl methyl sites for hydroxylation is 2. The van der Waals surface area contributed by atoms with Gasteiger partial charge in [0.2, 0.25) is 0 Å². The summed E-state index contributed by atoms with van der Waals surface area (Å²) in [6.45, 7) is 4.56. The van der Waals surface area contributed by atoms with E-state index < -0.39 is 0 Å². The fourth-order valence-corrected chi connectivity index (χ4v) is 3.25. The van der Waals surface area contributed by atoms with Gasteiger partial charge in [0.05, 0.1) is 26.8 Å². The summed E-state index contributed by atoms with van der Waals surface area (Å²) in [4.78, 5) is 9.51. The van der Waals surface area contributed by atoms with Crippen LogP contribution in [-0.4, -0.2) is 19.7 Å². The number of aromatic nitrogens is 4. The van der Waals surface area contributed by atoms with E-state index in [1.165, 1.54) is 0 Å². The Balaban J connectivity index is 1.84. The minimum Gasteiger partial charge on any atom is -0.363 e. The van der Waals surface area contributed by atoms with E-state index in [-0.39, 0.29) is 0 Å². The minimum absolute atomic E-state index is 0.447. The summed E-state index contributed by atoms with van der Waals surface area (Å²) in [6, 6.07) is 15.6. The van der Waals surface area contributed by atoms with Gasteiger partial charge in [-0.15, -0.1) is 0 Å². The van der Waals surface area contributed by atoms with Crippen molar-refractivity contribution in [3.05, 3.63) is 75.5 Å². The highest BCUT2D eigenvalue weighted by atomic mass is 35.5. The van der Waals surface area contributed by atoms with Crippen LogP contribution in [0.2, 0.25) is 10.0 Å². The van der Waals surface area contributed by atoms with Gasteiger partial charge in [0.15, 0.2) is 11.6 Å². The molecule has 4 rings (SSSR count). The van der Waals surface area contributed by atoms with Crippen molar-refractivity contribution in [2.75, 3.05) is 5.32 Å². The zero-order valence-electron chi connectivity index (χ0n) is 14.9. The molecule has 27 heavy (non-hydrogen) atoms. The minimum atomic E-state index is 0.447. The molecule has 0 saturated heterocycles. The molecule has 0 fully saturated rings. The van der Waals surface area contributed by atoms with Crippen molar-refractivity contribution in [1.82, 2.24) is 19.7 Å². The van der Waals surface area contributed by atoms with Gasteiger partial charge in [-0.1, -0.05) is 53.5 Å². The summed E-state index contributed by atoms with van der Waals surface area (Å²) < 4.78 is 1.79. The standard InChI is InChI=1S/C20H17Cl2N5/c1-12-8-13(2)27(26-12)20-19(23-11-14-6-4-3-5-7-14)24-17-9-15(21)16(22)10-18(17)25-20/h3-10H,11H2,1-2H3,(H,23,24). The fraction of sp³-hybridized carbons (Fsp3) is 0.150. The monoisotopic (exact) mass is 397 g/mol. The number of rotatable bonds is 4. The number of benzene rings is 2. The molecule has 0 saturated carbocycles. The van der Waals surface area contributed by atoms with Crippen molar-refractivity contribution in [3.8, 4) is 5.82 Å². The van der Waals surface area contributed by atoms with Crippen LogP contribution in [0.15, 0.2) is 48.5 Å². The molecule has 5 nitrogen and oxygen atoms in total. The molecule has 0 bridgehead atoms. The van der Waals surface area contributed by atoms with Gasteiger partial charge < -0.3 is 5.32 Å². The molecule has 0 atom stereocenters. The molecule has 0 unspecified atom stereocenters. The number of nitrogens with zero attached hydrogens (tertiary/aromatic N) is 4. The highest BCUT2D eigenvalue weighted by molar-refractivity contribution is 6.42. The van der Waals surface area contributed by atoms with Crippen LogP contribution in [0.3, 0.4) is 0 Å². The van der Waals surface area contributed by atoms with Crippen LogP contribution >= 0.6 is 23.2 Å². The van der Waals surface area contributed by atoms with Crippen molar-refractivity contribution >= 4 is 40.1 Å². The molecular weight excluding hydrogens is 381 g/mol. The highest BCUT2D eigenvalue weighted by Gasteiger charge is 2.15. The van der Waals surface area contributed by atoms with Crippen molar-refractivity contribution in [3.63, 3.8) is 0 Å². The van der Waals surface area contributed by atoms with Gasteiger partial charge in [-0.2, -0.15) is 5.10 Å². The predicted octanol–water partition coefficient (Wildman–Crippen LogP) is 5.35. The first-order chi connectivity index (χ1) is 13.0. The van der Waals surface area contributed by atoms with Gasteiger partial charge in [0, 0.05) is 12.2 Å². The lowest BCUT2D eigenvalue weighted by atomic mass is 10.2. The Morgan fingerprint density at radius 3 is 2.22 bits per heavy atom. The highest BCUT2D eigenvalue weighted by Crippen LogP contribution is 2.29. The third-order valence-corrected chi connectivity index (χ3v) is 4.92. The number of hydrogen-bond donors (Lipinski definition) is 1. The van der Waals surface area contributed by atoms with Gasteiger partial charge in [0.25, 0.3) is 0 Å². The topological polar surface area (TPSA) is 55.6 Å². The average Bonchev–Trinajstić information content (AvgIpc) is 2.99. The van der Waals surface area contributed by atoms with Crippen molar-refractivity contribution in [1.29, 1.82) is 0 Å². The molecule has 0 aliphatic heterocycles. The molecule has 0 radical (unpaired) electrons. The van der Waals surface area contributed by atoms with E-state index in [2.05, 4.69) is 22.5 Å². The largest absolute Gasteiger partial charge is 0.363 e. The third kappa shape index (κ3) is 3.61. The Kier molecular flexibility index (Phi) is 4.72. The Labute approximate surface area is 167 Å². The van der Waals surface area contributed by atoms with Crippen molar-refractivity contribution in [2.24, 2.45) is 0 Å². The van der Waals surface area contributed by atoms with E-state index in [4.69, 9.17) is 33.2 Å². The summed E-state index contributed by atoms with van der Waals surface area (Å²) >= 11 is 12.3. The molecular formula is C20H17Cl2N5. The zero-order valence-corrected chi connectivity index (χ0v) is 16.4. The number of halogens is 2. The number of hydrogen-bond acceptors (Lipinski definition) is 4. The number of nitrogens with one attached hydrogen (secondary N) is 1. The van der Waals surface area contributed by atoms with Gasteiger partial charge in [0.1, 0.15) is 0 Å². The number of anilines is 1. The maximum absolute atomic E-state index is 6.16. The normalized spacial score (nSPS) is 11.1. The molecule has 0 aliphatic carbocycles. The van der Waals surface area contributed by atoms with Gasteiger partial charge in [-0.3, -0.25) is 0 Å². The van der Waals surface area contributed by atoms with Crippen molar-refractivity contribution in [2.45, 2.75) is 20.4 Å². The first kappa shape index (κ1) is 17.8. The molecule has 2 aromatic carbocycles. The van der Waals surface area contributed by atoms with Crippen LogP contribution in [-0.2, 0) is 6.54 Å². The number of fused-ring (bicyclic) bond motifs is 1. The van der Waals surface area contributed by atoms with Gasteiger partial charge in [-0.25, -0.2) is 14.6 Å². The lowest BCUT2D eigenvalue weighted by molar-refractivity contribution is 0.805. The summed E-state index contributed by atoms with van der Waals surface area (Å²) in [5, 5.41) is 8.84. The Morgan fingerprint density at radius 2 is 1.59 bits per heavy atom. The first-order valence-corrected chi connectivity index (χ1v) is 9.25. The second kappa shape index (κ2) is 7.18. The van der Waals surface area contributed by atoms with Crippen LogP contribution in [0.25, 0.3) is 16.9 Å². The predicted molar refractivity (Wildman–Crippen MR) is 110 cm³/mol. The lowest BCUT2D eigenvalue weighted by Crippen LogP contribution is -2.11. The van der Waals surface area contributed by atoms with E-state index in [9.17, 15) is 0 Å². The molecule has 0 aliphatic rings. The smallest absolute Gasteiger partial charge is 0.197 e. The van der Waals surface area contributed by atoms with Crippen LogP contribution in [0.5, 0.6) is 0 Å². The summed E-state index contributed by atoms with van der Waals surface area (Å²) in [7, 11) is 0. The second-order valence-electron chi connectivity index (χ2n) is 6.33. The van der Waals surface area contributed by atoms with E-state index in [1.807, 2.05) is 38.1 Å². The quantitative estimate of drug-likeness (QED) is 0.504.